The first-order chi connectivity index (χ1) is 13.6. The average molecular weight is 370 g/mol. The number of hydrogen-bond donors (Lipinski definition) is 2. The molecule has 0 aliphatic carbocycles. The van der Waals surface area contributed by atoms with E-state index in [1.807, 2.05) is 54.0 Å². The van der Waals surface area contributed by atoms with Crippen molar-refractivity contribution in [1.82, 2.24) is 14.8 Å². The van der Waals surface area contributed by atoms with Crippen molar-refractivity contribution in [3.8, 4) is 22.8 Å². The van der Waals surface area contributed by atoms with Gasteiger partial charge in [-0.3, -0.25) is 9.36 Å². The summed E-state index contributed by atoms with van der Waals surface area (Å²) in [4.78, 5) is 12.6. The quantitative estimate of drug-likeness (QED) is 0.564. The lowest BCUT2D eigenvalue weighted by Gasteiger charge is -2.13. The largest absolute Gasteiger partial charge is 0.508 e. The molecule has 0 atom stereocenters. The second-order valence-electron chi connectivity index (χ2n) is 6.29. The molecule has 3 aromatic carbocycles. The van der Waals surface area contributed by atoms with Crippen molar-refractivity contribution in [3.63, 3.8) is 0 Å². The monoisotopic (exact) mass is 370 g/mol. The number of carbonyl (C=O) groups is 1. The van der Waals surface area contributed by atoms with E-state index in [4.69, 9.17) is 0 Å². The Kier molecular flexibility index (Phi) is 4.60. The summed E-state index contributed by atoms with van der Waals surface area (Å²) < 4.78 is 1.88. The summed E-state index contributed by atoms with van der Waals surface area (Å²) in [5.74, 6) is 1.30. The van der Waals surface area contributed by atoms with Gasteiger partial charge in [0.1, 0.15) is 11.6 Å². The Hall–Kier alpha value is -3.93. The Balaban J connectivity index is 1.76. The van der Waals surface area contributed by atoms with Crippen molar-refractivity contribution in [2.24, 2.45) is 0 Å². The van der Waals surface area contributed by atoms with Crippen LogP contribution in [0.15, 0.2) is 78.9 Å². The zero-order valence-corrected chi connectivity index (χ0v) is 15.2. The Labute approximate surface area is 162 Å². The number of hydrogen-bond acceptors (Lipinski definition) is 4. The maximum Gasteiger partial charge on any atom is 0.255 e. The molecule has 0 saturated heterocycles. The number of aromatic nitrogens is 3. The maximum atomic E-state index is 12.6. The van der Waals surface area contributed by atoms with E-state index < -0.39 is 0 Å². The van der Waals surface area contributed by atoms with Crippen LogP contribution in [0.25, 0.3) is 17.1 Å². The molecule has 1 amide bonds. The van der Waals surface area contributed by atoms with Gasteiger partial charge in [0.2, 0.25) is 0 Å². The minimum Gasteiger partial charge on any atom is -0.508 e. The molecule has 4 rings (SSSR count). The Bertz CT molecular complexity index is 1120. The number of nitrogens with zero attached hydrogens (tertiary/aromatic N) is 3. The van der Waals surface area contributed by atoms with Crippen molar-refractivity contribution in [2.75, 3.05) is 5.32 Å². The lowest BCUT2D eigenvalue weighted by atomic mass is 10.1. The predicted octanol–water partition coefficient (Wildman–Crippen LogP) is 4.20. The summed E-state index contributed by atoms with van der Waals surface area (Å²) >= 11 is 0. The molecule has 2 N–H and O–H groups in total. The number of carbonyl (C=O) groups excluding carboxylic acids is 1. The minimum absolute atomic E-state index is 0.187. The van der Waals surface area contributed by atoms with Gasteiger partial charge in [0, 0.05) is 16.8 Å². The first kappa shape index (κ1) is 17.5. The highest BCUT2D eigenvalue weighted by Crippen LogP contribution is 2.30. The minimum atomic E-state index is -0.194. The van der Waals surface area contributed by atoms with E-state index in [9.17, 15) is 9.90 Å². The maximum absolute atomic E-state index is 12.6. The van der Waals surface area contributed by atoms with E-state index in [0.29, 0.717) is 22.9 Å². The number of anilines is 1. The van der Waals surface area contributed by atoms with Gasteiger partial charge in [-0.2, -0.15) is 0 Å². The Morgan fingerprint density at radius 1 is 0.893 bits per heavy atom. The van der Waals surface area contributed by atoms with Crippen LogP contribution >= 0.6 is 0 Å². The number of para-hydroxylation sites is 1. The fourth-order valence-corrected chi connectivity index (χ4v) is 3.02. The van der Waals surface area contributed by atoms with Gasteiger partial charge >= 0.3 is 0 Å². The molecule has 0 aliphatic heterocycles. The molecule has 0 saturated carbocycles. The van der Waals surface area contributed by atoms with Gasteiger partial charge in [-0.1, -0.05) is 30.3 Å². The predicted molar refractivity (Wildman–Crippen MR) is 108 cm³/mol. The number of aromatic hydroxyl groups is 1. The van der Waals surface area contributed by atoms with Gasteiger partial charge in [0.15, 0.2) is 5.82 Å². The van der Waals surface area contributed by atoms with Crippen molar-refractivity contribution >= 4 is 11.6 Å². The topological polar surface area (TPSA) is 80.0 Å². The first-order valence-corrected chi connectivity index (χ1v) is 8.81. The molecule has 6 nitrogen and oxygen atoms in total. The van der Waals surface area contributed by atoms with Crippen LogP contribution < -0.4 is 5.32 Å². The highest BCUT2D eigenvalue weighted by atomic mass is 16.3. The van der Waals surface area contributed by atoms with Crippen molar-refractivity contribution in [2.45, 2.75) is 6.92 Å². The van der Waals surface area contributed by atoms with Gasteiger partial charge in [0.25, 0.3) is 5.91 Å². The summed E-state index contributed by atoms with van der Waals surface area (Å²) in [6, 6.07) is 23.3. The van der Waals surface area contributed by atoms with Crippen LogP contribution in [0.4, 0.5) is 5.69 Å². The van der Waals surface area contributed by atoms with Gasteiger partial charge in [-0.25, -0.2) is 0 Å². The molecule has 0 bridgehead atoms. The van der Waals surface area contributed by atoms with Crippen LogP contribution in [0.3, 0.4) is 0 Å². The van der Waals surface area contributed by atoms with Crippen LogP contribution in [0, 0.1) is 6.92 Å². The fraction of sp³-hybridized carbons (Fsp3) is 0.0455. The molecule has 0 aliphatic rings. The number of amides is 1. The molecule has 1 aromatic heterocycles. The Morgan fingerprint density at radius 2 is 1.57 bits per heavy atom. The van der Waals surface area contributed by atoms with E-state index >= 15 is 0 Å². The molecule has 0 fully saturated rings. The molecule has 28 heavy (non-hydrogen) atoms. The fourth-order valence-electron chi connectivity index (χ4n) is 3.02. The molecule has 0 radical (unpaired) electrons. The van der Waals surface area contributed by atoms with Gasteiger partial charge in [0.05, 0.1) is 5.69 Å². The lowest BCUT2D eigenvalue weighted by molar-refractivity contribution is 0.102. The normalized spacial score (nSPS) is 10.6. The van der Waals surface area contributed by atoms with Gasteiger partial charge < -0.3 is 10.4 Å². The van der Waals surface area contributed by atoms with Crippen LogP contribution in [-0.2, 0) is 0 Å². The van der Waals surface area contributed by atoms with Gasteiger partial charge in [-0.05, 0) is 55.5 Å². The second kappa shape index (κ2) is 7.36. The van der Waals surface area contributed by atoms with Crippen LogP contribution in [0.5, 0.6) is 5.75 Å². The third-order valence-electron chi connectivity index (χ3n) is 4.38. The van der Waals surface area contributed by atoms with Crippen LogP contribution in [-0.4, -0.2) is 25.8 Å². The molecule has 0 spiro atoms. The van der Waals surface area contributed by atoms with Gasteiger partial charge in [-0.15, -0.1) is 10.2 Å². The lowest BCUT2D eigenvalue weighted by Crippen LogP contribution is -2.13. The van der Waals surface area contributed by atoms with E-state index in [0.717, 1.165) is 11.3 Å². The third kappa shape index (κ3) is 3.35. The highest BCUT2D eigenvalue weighted by Gasteiger charge is 2.17. The number of rotatable bonds is 4. The van der Waals surface area contributed by atoms with E-state index in [1.165, 1.54) is 0 Å². The zero-order chi connectivity index (χ0) is 19.5. The standard InChI is InChI=1S/C22H18N4O2/c1-15-24-25-21(26(15)17-11-13-18(27)14-12-17)19-9-5-6-10-20(19)23-22(28)16-7-3-2-4-8-16/h2-14,27H,1H3,(H,23,28). The van der Waals surface area contributed by atoms with Crippen molar-refractivity contribution in [1.29, 1.82) is 0 Å². The molecule has 6 heteroatoms. The summed E-state index contributed by atoms with van der Waals surface area (Å²) in [6.45, 7) is 1.86. The first-order valence-electron chi connectivity index (χ1n) is 8.81. The molecule has 1 heterocycles. The van der Waals surface area contributed by atoms with Crippen LogP contribution in [0.1, 0.15) is 16.2 Å². The molecular formula is C22H18N4O2. The number of phenolic OH excluding ortho intramolecular Hbond substituents is 1. The van der Waals surface area contributed by atoms with E-state index in [2.05, 4.69) is 15.5 Å². The average Bonchev–Trinajstić information content (AvgIpc) is 3.11. The molecule has 4 aromatic rings. The molecule has 0 unspecified atom stereocenters. The Morgan fingerprint density at radius 3 is 2.32 bits per heavy atom. The second-order valence-corrected chi connectivity index (χ2v) is 6.29. The van der Waals surface area contributed by atoms with Crippen molar-refractivity contribution < 1.29 is 9.90 Å². The smallest absolute Gasteiger partial charge is 0.255 e. The van der Waals surface area contributed by atoms with Crippen molar-refractivity contribution in [3.05, 3.63) is 90.3 Å². The molecular weight excluding hydrogens is 352 g/mol. The third-order valence-corrected chi connectivity index (χ3v) is 4.38. The number of nitrogens with one attached hydrogen (secondary N) is 1. The number of aryl methyl sites for hydroxylation is 1. The highest BCUT2D eigenvalue weighted by molar-refractivity contribution is 6.06. The number of phenols is 1. The zero-order valence-electron chi connectivity index (χ0n) is 15.2. The van der Waals surface area contributed by atoms with E-state index in [-0.39, 0.29) is 11.7 Å². The number of benzene rings is 3. The summed E-state index contributed by atoms with van der Waals surface area (Å²) in [6.07, 6.45) is 0. The summed E-state index contributed by atoms with van der Waals surface area (Å²) in [5.41, 5.74) is 2.79. The SMILES string of the molecule is Cc1nnc(-c2ccccc2NC(=O)c2ccccc2)n1-c1ccc(O)cc1. The summed E-state index contributed by atoms with van der Waals surface area (Å²) in [7, 11) is 0. The molecule has 138 valence electrons. The summed E-state index contributed by atoms with van der Waals surface area (Å²) in [5, 5.41) is 21.1. The van der Waals surface area contributed by atoms with E-state index in [1.54, 1.807) is 36.4 Å². The van der Waals surface area contributed by atoms with Crippen LogP contribution in [0.2, 0.25) is 0 Å².